The summed E-state index contributed by atoms with van der Waals surface area (Å²) in [4.78, 5) is 0. The van der Waals surface area contributed by atoms with Gasteiger partial charge in [-0.3, -0.25) is 0 Å². The molecule has 0 N–H and O–H groups in total. The summed E-state index contributed by atoms with van der Waals surface area (Å²) in [5.74, 6) is 0.613. The monoisotopic (exact) mass is 200 g/mol. The van der Waals surface area contributed by atoms with Crippen molar-refractivity contribution in [3.63, 3.8) is 0 Å². The van der Waals surface area contributed by atoms with E-state index in [1.54, 1.807) is 12.1 Å². The van der Waals surface area contributed by atoms with E-state index < -0.39 is 6.10 Å². The fourth-order valence-corrected chi connectivity index (χ4v) is 1.15. The van der Waals surface area contributed by atoms with E-state index >= 15 is 0 Å². The number of nitrogens with zero attached hydrogens (tertiary/aromatic N) is 2. The largest absolute Gasteiger partial charge is 0.475 e. The smallest absolute Gasteiger partial charge is 0.184 e. The van der Waals surface area contributed by atoms with Gasteiger partial charge < -0.3 is 4.74 Å². The third kappa shape index (κ3) is 2.72. The van der Waals surface area contributed by atoms with Gasteiger partial charge in [-0.25, -0.2) is 0 Å². The molecule has 3 heteroatoms. The zero-order valence-corrected chi connectivity index (χ0v) is 8.82. The molecule has 0 aromatic heterocycles. The van der Waals surface area contributed by atoms with Gasteiger partial charge >= 0.3 is 0 Å². The van der Waals surface area contributed by atoms with Crippen LogP contribution >= 0.6 is 0 Å². The number of hydrogen-bond acceptors (Lipinski definition) is 3. The minimum absolute atomic E-state index is 0.447. The van der Waals surface area contributed by atoms with E-state index in [0.29, 0.717) is 17.7 Å². The molecule has 0 heterocycles. The molecule has 1 unspecified atom stereocenters. The van der Waals surface area contributed by atoms with Crippen molar-refractivity contribution >= 4 is 0 Å². The summed E-state index contributed by atoms with van der Waals surface area (Å²) < 4.78 is 5.47. The number of hydrogen-bond donors (Lipinski definition) is 0. The third-order valence-corrected chi connectivity index (χ3v) is 2.10. The number of aryl methyl sites for hydroxylation is 1. The van der Waals surface area contributed by atoms with E-state index in [2.05, 4.69) is 6.07 Å². The number of ether oxygens (including phenoxy) is 1. The minimum Gasteiger partial charge on any atom is -0.475 e. The molecule has 0 aliphatic rings. The maximum atomic E-state index is 8.76. The van der Waals surface area contributed by atoms with Crippen LogP contribution in [0, 0.1) is 29.6 Å². The van der Waals surface area contributed by atoms with Crippen LogP contribution in [0.5, 0.6) is 5.75 Å². The van der Waals surface area contributed by atoms with Crippen LogP contribution in [0.2, 0.25) is 0 Å². The van der Waals surface area contributed by atoms with Gasteiger partial charge in [-0.05, 0) is 31.0 Å². The fraction of sp³-hybridized carbons (Fsp3) is 0.333. The molecule has 1 aromatic carbocycles. The highest BCUT2D eigenvalue weighted by Crippen LogP contribution is 2.20. The lowest BCUT2D eigenvalue weighted by Crippen LogP contribution is -2.12. The second kappa shape index (κ2) is 5.02. The molecule has 15 heavy (non-hydrogen) atoms. The lowest BCUT2D eigenvalue weighted by atomic mass is 10.1. The highest BCUT2D eigenvalue weighted by atomic mass is 16.5. The maximum Gasteiger partial charge on any atom is 0.184 e. The van der Waals surface area contributed by atoms with Crippen molar-refractivity contribution in [1.82, 2.24) is 0 Å². The lowest BCUT2D eigenvalue weighted by Gasteiger charge is -2.12. The molecular formula is C12H12N2O. The Kier molecular flexibility index (Phi) is 3.71. The third-order valence-electron chi connectivity index (χ3n) is 2.10. The molecule has 0 fully saturated rings. The van der Waals surface area contributed by atoms with Crippen LogP contribution in [-0.2, 0) is 0 Å². The first-order valence-electron chi connectivity index (χ1n) is 4.78. The Morgan fingerprint density at radius 3 is 2.67 bits per heavy atom. The molecule has 0 aliphatic carbocycles. The Morgan fingerprint density at radius 1 is 1.40 bits per heavy atom. The summed E-state index contributed by atoms with van der Waals surface area (Å²) in [6.45, 7) is 3.78. The molecule has 1 aromatic rings. The predicted octanol–water partition coefficient (Wildman–Crippen LogP) is 2.55. The fourth-order valence-electron chi connectivity index (χ4n) is 1.15. The second-order valence-electron chi connectivity index (χ2n) is 3.24. The Morgan fingerprint density at radius 2 is 2.13 bits per heavy atom. The normalized spacial score (nSPS) is 11.2. The highest BCUT2D eigenvalue weighted by Gasteiger charge is 2.08. The maximum absolute atomic E-state index is 8.76. The van der Waals surface area contributed by atoms with Crippen molar-refractivity contribution < 1.29 is 4.74 Å². The first-order valence-corrected chi connectivity index (χ1v) is 4.78. The van der Waals surface area contributed by atoms with Gasteiger partial charge in [0, 0.05) is 0 Å². The zero-order chi connectivity index (χ0) is 11.3. The van der Waals surface area contributed by atoms with Crippen LogP contribution in [0.4, 0.5) is 0 Å². The number of benzene rings is 1. The summed E-state index contributed by atoms with van der Waals surface area (Å²) in [5, 5.41) is 17.5. The molecule has 3 nitrogen and oxygen atoms in total. The summed E-state index contributed by atoms with van der Waals surface area (Å²) in [7, 11) is 0. The van der Waals surface area contributed by atoms with Gasteiger partial charge in [-0.1, -0.05) is 13.0 Å². The van der Waals surface area contributed by atoms with E-state index in [1.807, 2.05) is 26.0 Å². The van der Waals surface area contributed by atoms with Gasteiger partial charge in [0.2, 0.25) is 0 Å². The summed E-state index contributed by atoms with van der Waals surface area (Å²) >= 11 is 0. The topological polar surface area (TPSA) is 56.8 Å². The first-order chi connectivity index (χ1) is 7.21. The van der Waals surface area contributed by atoms with E-state index in [-0.39, 0.29) is 0 Å². The van der Waals surface area contributed by atoms with E-state index in [4.69, 9.17) is 15.3 Å². The molecule has 0 radical (unpaired) electrons. The predicted molar refractivity (Wildman–Crippen MR) is 56.2 cm³/mol. The van der Waals surface area contributed by atoms with E-state index in [0.717, 1.165) is 5.56 Å². The molecule has 1 atom stereocenters. The molecule has 76 valence electrons. The lowest BCUT2D eigenvalue weighted by molar-refractivity contribution is 0.250. The minimum atomic E-state index is -0.447. The SMILES string of the molecule is CCC(C#N)Oc1cc(C#N)ccc1C. The van der Waals surface area contributed by atoms with E-state index in [1.165, 1.54) is 0 Å². The standard InChI is InChI=1S/C12H12N2O/c1-3-11(8-14)15-12-6-10(7-13)5-4-9(12)2/h4-6,11H,3H2,1-2H3. The van der Waals surface area contributed by atoms with Crippen molar-refractivity contribution in [2.75, 3.05) is 0 Å². The molecule has 0 spiro atoms. The summed E-state index contributed by atoms with van der Waals surface area (Å²) in [6.07, 6.45) is 0.185. The van der Waals surface area contributed by atoms with E-state index in [9.17, 15) is 0 Å². The van der Waals surface area contributed by atoms with Crippen LogP contribution < -0.4 is 4.74 Å². The van der Waals surface area contributed by atoms with Gasteiger partial charge in [0.25, 0.3) is 0 Å². The molecule has 1 rings (SSSR count). The molecule has 0 amide bonds. The average Bonchev–Trinajstić information content (AvgIpc) is 2.28. The number of nitriles is 2. The number of rotatable bonds is 3. The highest BCUT2D eigenvalue weighted by molar-refractivity contribution is 5.42. The summed E-state index contributed by atoms with van der Waals surface area (Å²) in [6, 6.07) is 9.31. The first kappa shape index (κ1) is 11.1. The van der Waals surface area contributed by atoms with Crippen LogP contribution in [-0.4, -0.2) is 6.10 Å². The van der Waals surface area contributed by atoms with Gasteiger partial charge in [0.1, 0.15) is 11.8 Å². The van der Waals surface area contributed by atoms with Crippen molar-refractivity contribution in [3.8, 4) is 17.9 Å². The van der Waals surface area contributed by atoms with Crippen molar-refractivity contribution in [1.29, 1.82) is 10.5 Å². The van der Waals surface area contributed by atoms with Gasteiger partial charge in [-0.2, -0.15) is 10.5 Å². The van der Waals surface area contributed by atoms with Gasteiger partial charge in [0.15, 0.2) is 6.10 Å². The second-order valence-corrected chi connectivity index (χ2v) is 3.24. The Bertz CT molecular complexity index is 426. The van der Waals surface area contributed by atoms with Crippen LogP contribution in [0.15, 0.2) is 18.2 Å². The van der Waals surface area contributed by atoms with Crippen LogP contribution in [0.1, 0.15) is 24.5 Å². The Hall–Kier alpha value is -2.00. The molecule has 0 bridgehead atoms. The Labute approximate surface area is 89.5 Å². The van der Waals surface area contributed by atoms with Crippen molar-refractivity contribution in [2.45, 2.75) is 26.4 Å². The quantitative estimate of drug-likeness (QED) is 0.753. The molecular weight excluding hydrogens is 188 g/mol. The van der Waals surface area contributed by atoms with Gasteiger partial charge in [-0.15, -0.1) is 0 Å². The van der Waals surface area contributed by atoms with Crippen LogP contribution in [0.3, 0.4) is 0 Å². The van der Waals surface area contributed by atoms with Crippen molar-refractivity contribution in [2.24, 2.45) is 0 Å². The molecule has 0 aliphatic heterocycles. The zero-order valence-electron chi connectivity index (χ0n) is 8.82. The molecule has 0 saturated heterocycles. The van der Waals surface area contributed by atoms with Crippen LogP contribution in [0.25, 0.3) is 0 Å². The average molecular weight is 200 g/mol. The van der Waals surface area contributed by atoms with Crippen molar-refractivity contribution in [3.05, 3.63) is 29.3 Å². The summed E-state index contributed by atoms with van der Waals surface area (Å²) in [5.41, 5.74) is 1.48. The van der Waals surface area contributed by atoms with Gasteiger partial charge in [0.05, 0.1) is 11.6 Å². The molecule has 0 saturated carbocycles. The Balaban J connectivity index is 2.95.